The molecule has 0 radical (unpaired) electrons. The van der Waals surface area contributed by atoms with E-state index in [9.17, 15) is 15.0 Å². The lowest BCUT2D eigenvalue weighted by atomic mass is 9.53. The summed E-state index contributed by atoms with van der Waals surface area (Å²) in [5.74, 6) is 5.87. The first-order valence-corrected chi connectivity index (χ1v) is 10.3. The molecule has 1 unspecified atom stereocenters. The van der Waals surface area contributed by atoms with Crippen LogP contribution in [0.1, 0.15) is 64.2 Å². The van der Waals surface area contributed by atoms with Gasteiger partial charge in [0.05, 0.1) is 17.6 Å². The SMILES string of the molecule is CO[C@@]12CC[C@H](O)[C@@H](C#CC(O)CC3CCCC3)[C@@H]1CC2=CCCC(=O)O. The first kappa shape index (κ1) is 20.4. The summed E-state index contributed by atoms with van der Waals surface area (Å²) in [6, 6.07) is 0. The summed E-state index contributed by atoms with van der Waals surface area (Å²) in [4.78, 5) is 10.8. The van der Waals surface area contributed by atoms with Crippen LogP contribution in [-0.4, -0.2) is 46.2 Å². The number of carboxylic acid groups (broad SMARTS) is 1. The Morgan fingerprint density at radius 1 is 1.37 bits per heavy atom. The molecule has 3 saturated carbocycles. The summed E-state index contributed by atoms with van der Waals surface area (Å²) in [6.45, 7) is 0. The topological polar surface area (TPSA) is 87.0 Å². The van der Waals surface area contributed by atoms with E-state index in [0.717, 1.165) is 24.8 Å². The van der Waals surface area contributed by atoms with E-state index in [0.29, 0.717) is 18.8 Å². The van der Waals surface area contributed by atoms with Crippen molar-refractivity contribution in [3.8, 4) is 11.8 Å². The minimum Gasteiger partial charge on any atom is -0.481 e. The van der Waals surface area contributed by atoms with Gasteiger partial charge in [0.25, 0.3) is 0 Å². The van der Waals surface area contributed by atoms with E-state index in [4.69, 9.17) is 9.84 Å². The number of aliphatic hydroxyl groups is 2. The highest BCUT2D eigenvalue weighted by Crippen LogP contribution is 2.56. The Kier molecular flexibility index (Phi) is 6.62. The van der Waals surface area contributed by atoms with Gasteiger partial charge in [-0.3, -0.25) is 4.79 Å². The maximum absolute atomic E-state index is 10.8. The molecular formula is C22H32O5. The average Bonchev–Trinajstić information content (AvgIpc) is 3.12. The molecule has 5 nitrogen and oxygen atoms in total. The molecule has 3 N–H and O–H groups in total. The number of hydrogen-bond donors (Lipinski definition) is 3. The maximum atomic E-state index is 10.8. The molecule has 3 fully saturated rings. The molecule has 0 heterocycles. The third-order valence-electron chi connectivity index (χ3n) is 6.80. The largest absolute Gasteiger partial charge is 0.481 e. The molecule has 0 saturated heterocycles. The summed E-state index contributed by atoms with van der Waals surface area (Å²) < 4.78 is 5.88. The van der Waals surface area contributed by atoms with Gasteiger partial charge in [-0.25, -0.2) is 0 Å². The Bertz CT molecular complexity index is 624. The zero-order valence-corrected chi connectivity index (χ0v) is 16.2. The van der Waals surface area contributed by atoms with Crippen LogP contribution in [0.3, 0.4) is 0 Å². The Hall–Kier alpha value is -1.35. The van der Waals surface area contributed by atoms with E-state index in [-0.39, 0.29) is 18.3 Å². The van der Waals surface area contributed by atoms with Crippen molar-refractivity contribution in [2.24, 2.45) is 17.8 Å². The highest BCUT2D eigenvalue weighted by atomic mass is 16.5. The van der Waals surface area contributed by atoms with Crippen LogP contribution in [0.4, 0.5) is 0 Å². The Morgan fingerprint density at radius 2 is 2.11 bits per heavy atom. The number of rotatable bonds is 6. The zero-order valence-electron chi connectivity index (χ0n) is 16.2. The number of allylic oxidation sites excluding steroid dienone is 1. The summed E-state index contributed by atoms with van der Waals surface area (Å²) in [6.07, 6.45) is 9.22. The third kappa shape index (κ3) is 4.39. The van der Waals surface area contributed by atoms with Gasteiger partial charge in [-0.15, -0.1) is 0 Å². The van der Waals surface area contributed by atoms with Crippen LogP contribution in [0.5, 0.6) is 0 Å². The molecular weight excluding hydrogens is 344 g/mol. The molecule has 150 valence electrons. The van der Waals surface area contributed by atoms with Gasteiger partial charge in [0.1, 0.15) is 6.10 Å². The van der Waals surface area contributed by atoms with Crippen LogP contribution in [0, 0.1) is 29.6 Å². The Balaban J connectivity index is 1.66. The number of carbonyl (C=O) groups is 1. The van der Waals surface area contributed by atoms with E-state index in [2.05, 4.69) is 11.8 Å². The lowest BCUT2D eigenvalue weighted by Gasteiger charge is -2.57. The lowest BCUT2D eigenvalue weighted by Crippen LogP contribution is -2.59. The van der Waals surface area contributed by atoms with E-state index in [1.54, 1.807) is 7.11 Å². The summed E-state index contributed by atoms with van der Waals surface area (Å²) >= 11 is 0. The van der Waals surface area contributed by atoms with Crippen LogP contribution < -0.4 is 0 Å². The second-order valence-electron chi connectivity index (χ2n) is 8.39. The maximum Gasteiger partial charge on any atom is 0.303 e. The van der Waals surface area contributed by atoms with Gasteiger partial charge >= 0.3 is 5.97 Å². The second kappa shape index (κ2) is 8.77. The molecule has 0 aromatic rings. The molecule has 5 heteroatoms. The van der Waals surface area contributed by atoms with Crippen molar-refractivity contribution < 1.29 is 24.9 Å². The van der Waals surface area contributed by atoms with E-state index in [1.165, 1.54) is 25.7 Å². The average molecular weight is 376 g/mol. The van der Waals surface area contributed by atoms with Gasteiger partial charge in [-0.2, -0.15) is 0 Å². The molecule has 3 aliphatic rings. The van der Waals surface area contributed by atoms with Crippen molar-refractivity contribution in [2.45, 2.75) is 82.0 Å². The minimum atomic E-state index is -0.798. The van der Waals surface area contributed by atoms with Crippen molar-refractivity contribution in [3.05, 3.63) is 11.6 Å². The van der Waals surface area contributed by atoms with Gasteiger partial charge < -0.3 is 20.1 Å². The fourth-order valence-corrected chi connectivity index (χ4v) is 5.28. The van der Waals surface area contributed by atoms with Crippen molar-refractivity contribution >= 4 is 5.97 Å². The highest BCUT2D eigenvalue weighted by molar-refractivity contribution is 5.66. The van der Waals surface area contributed by atoms with Crippen LogP contribution in [0.25, 0.3) is 0 Å². The number of aliphatic carboxylic acids is 1. The van der Waals surface area contributed by atoms with Gasteiger partial charge in [0.2, 0.25) is 0 Å². The van der Waals surface area contributed by atoms with Crippen molar-refractivity contribution in [1.29, 1.82) is 0 Å². The van der Waals surface area contributed by atoms with Crippen molar-refractivity contribution in [2.75, 3.05) is 7.11 Å². The monoisotopic (exact) mass is 376 g/mol. The molecule has 0 bridgehead atoms. The predicted octanol–water partition coefficient (Wildman–Crippen LogP) is 2.90. The summed E-state index contributed by atoms with van der Waals surface area (Å²) in [7, 11) is 1.69. The third-order valence-corrected chi connectivity index (χ3v) is 6.80. The first-order valence-electron chi connectivity index (χ1n) is 10.3. The molecule has 27 heavy (non-hydrogen) atoms. The summed E-state index contributed by atoms with van der Waals surface area (Å²) in [5.41, 5.74) is 0.717. The van der Waals surface area contributed by atoms with Gasteiger partial charge in [-0.05, 0) is 43.6 Å². The van der Waals surface area contributed by atoms with Crippen molar-refractivity contribution in [1.82, 2.24) is 0 Å². The number of ether oxygens (including phenoxy) is 1. The second-order valence-corrected chi connectivity index (χ2v) is 8.39. The minimum absolute atomic E-state index is 0.105. The van der Waals surface area contributed by atoms with Crippen molar-refractivity contribution in [3.63, 3.8) is 0 Å². The highest BCUT2D eigenvalue weighted by Gasteiger charge is 2.58. The Labute approximate surface area is 161 Å². The van der Waals surface area contributed by atoms with E-state index < -0.39 is 23.8 Å². The quantitative estimate of drug-likeness (QED) is 0.490. The lowest BCUT2D eigenvalue weighted by molar-refractivity contribution is -0.139. The normalized spacial score (nSPS) is 35.8. The van der Waals surface area contributed by atoms with Gasteiger partial charge in [0.15, 0.2) is 0 Å². The number of fused-ring (bicyclic) bond motifs is 1. The number of carboxylic acids is 1. The molecule has 5 atom stereocenters. The number of methoxy groups -OCH3 is 1. The number of hydrogen-bond acceptors (Lipinski definition) is 4. The predicted molar refractivity (Wildman–Crippen MR) is 102 cm³/mol. The molecule has 0 amide bonds. The Morgan fingerprint density at radius 3 is 2.78 bits per heavy atom. The first-order chi connectivity index (χ1) is 13.0. The molecule has 3 rings (SSSR count). The fourth-order valence-electron chi connectivity index (χ4n) is 5.28. The summed E-state index contributed by atoms with van der Waals surface area (Å²) in [5, 5.41) is 29.6. The fraction of sp³-hybridized carbons (Fsp3) is 0.773. The number of aliphatic hydroxyl groups excluding tert-OH is 2. The molecule has 3 aliphatic carbocycles. The van der Waals surface area contributed by atoms with Gasteiger partial charge in [-0.1, -0.05) is 43.6 Å². The standard InChI is InChI=1S/C22H32O5/c1-27-22-12-11-20(24)18(10-9-17(23)13-15-5-2-3-6-15)19(22)14-16(22)7-4-8-21(25)26/h7,15,17-20,23-24H,2-6,8,11-14H2,1H3,(H,25,26)/t17?,18-,19-,20-,22+/m0/s1. The van der Waals surface area contributed by atoms with E-state index >= 15 is 0 Å². The molecule has 0 spiro atoms. The molecule has 0 aromatic carbocycles. The van der Waals surface area contributed by atoms with Crippen LogP contribution in [0.15, 0.2) is 11.6 Å². The van der Waals surface area contributed by atoms with Gasteiger partial charge in [0, 0.05) is 19.4 Å². The molecule has 0 aromatic heterocycles. The smallest absolute Gasteiger partial charge is 0.303 e. The molecule has 0 aliphatic heterocycles. The van der Waals surface area contributed by atoms with Crippen LogP contribution in [-0.2, 0) is 9.53 Å². The van der Waals surface area contributed by atoms with Crippen LogP contribution in [0.2, 0.25) is 0 Å². The van der Waals surface area contributed by atoms with Crippen LogP contribution >= 0.6 is 0 Å². The zero-order chi connectivity index (χ0) is 19.4. The van der Waals surface area contributed by atoms with E-state index in [1.807, 2.05) is 6.08 Å².